The zero-order chi connectivity index (χ0) is 19.9. The predicted molar refractivity (Wildman–Crippen MR) is 106 cm³/mol. The third-order valence-electron chi connectivity index (χ3n) is 5.17. The van der Waals surface area contributed by atoms with Crippen LogP contribution in [0.25, 0.3) is 0 Å². The van der Waals surface area contributed by atoms with E-state index in [1.54, 1.807) is 6.20 Å². The highest BCUT2D eigenvalue weighted by Gasteiger charge is 2.28. The molecule has 2 atom stereocenters. The largest absolute Gasteiger partial charge is 0.488 e. The first kappa shape index (κ1) is 20.6. The summed E-state index contributed by atoms with van der Waals surface area (Å²) in [6, 6.07) is 1.34. The molecule has 2 fully saturated rings. The number of amides is 2. The minimum atomic E-state index is -0.588. The van der Waals surface area contributed by atoms with Gasteiger partial charge < -0.3 is 20.1 Å². The Morgan fingerprint density at radius 1 is 1.32 bits per heavy atom. The van der Waals surface area contributed by atoms with E-state index in [4.69, 9.17) is 9.47 Å². The zero-order valence-electron chi connectivity index (χ0n) is 16.8. The number of hydrogen-bond acceptors (Lipinski definition) is 5. The molecule has 1 aliphatic carbocycles. The summed E-state index contributed by atoms with van der Waals surface area (Å²) in [6.07, 6.45) is 7.46. The number of hydrogen-bond donors (Lipinski definition) is 2. The van der Waals surface area contributed by atoms with Crippen LogP contribution in [0.5, 0.6) is 5.75 Å². The summed E-state index contributed by atoms with van der Waals surface area (Å²) in [5.74, 6) is 0.427. The molecule has 7 nitrogen and oxygen atoms in total. The average Bonchev–Trinajstić information content (AvgIpc) is 3.43. The van der Waals surface area contributed by atoms with Gasteiger partial charge in [-0.3, -0.25) is 9.59 Å². The third-order valence-corrected chi connectivity index (χ3v) is 5.17. The van der Waals surface area contributed by atoms with Gasteiger partial charge in [0, 0.05) is 19.3 Å². The van der Waals surface area contributed by atoms with E-state index in [1.165, 1.54) is 0 Å². The number of rotatable bonds is 10. The van der Waals surface area contributed by atoms with Crippen LogP contribution >= 0.6 is 0 Å². The lowest BCUT2D eigenvalue weighted by molar-refractivity contribution is -0.123. The van der Waals surface area contributed by atoms with Crippen LogP contribution in [0.1, 0.15) is 74.3 Å². The molecule has 2 N–H and O–H groups in total. The Kier molecular flexibility index (Phi) is 7.25. The highest BCUT2D eigenvalue weighted by molar-refractivity contribution is 5.98. The number of nitrogens with zero attached hydrogens (tertiary/aromatic N) is 1. The molecule has 2 aliphatic rings. The fraction of sp³-hybridized carbons (Fsp3) is 0.667. The van der Waals surface area contributed by atoms with Crippen LogP contribution in [-0.2, 0) is 9.53 Å². The molecule has 1 saturated heterocycles. The van der Waals surface area contributed by atoms with E-state index in [9.17, 15) is 9.59 Å². The topological polar surface area (TPSA) is 89.6 Å². The van der Waals surface area contributed by atoms with E-state index >= 15 is 0 Å². The van der Waals surface area contributed by atoms with Crippen LogP contribution in [0.3, 0.4) is 0 Å². The van der Waals surface area contributed by atoms with E-state index in [0.717, 1.165) is 44.3 Å². The van der Waals surface area contributed by atoms with Crippen molar-refractivity contribution in [1.82, 2.24) is 15.6 Å². The molecule has 2 amide bonds. The summed E-state index contributed by atoms with van der Waals surface area (Å²) in [4.78, 5) is 29.5. The van der Waals surface area contributed by atoms with Crippen LogP contribution < -0.4 is 15.4 Å². The van der Waals surface area contributed by atoms with E-state index in [-0.39, 0.29) is 23.6 Å². The molecule has 1 aliphatic heterocycles. The minimum Gasteiger partial charge on any atom is -0.488 e. The Morgan fingerprint density at radius 3 is 2.79 bits per heavy atom. The number of ether oxygens (including phenoxy) is 2. The molecule has 154 valence electrons. The van der Waals surface area contributed by atoms with Crippen molar-refractivity contribution in [2.45, 2.75) is 70.4 Å². The lowest BCUT2D eigenvalue weighted by Crippen LogP contribution is -2.46. The second-order valence-electron chi connectivity index (χ2n) is 7.56. The van der Waals surface area contributed by atoms with Crippen LogP contribution in [0.15, 0.2) is 12.3 Å². The van der Waals surface area contributed by atoms with Crippen molar-refractivity contribution in [2.24, 2.45) is 0 Å². The molecule has 0 spiro atoms. The first-order chi connectivity index (χ1) is 13.6. The summed E-state index contributed by atoms with van der Waals surface area (Å²) in [7, 11) is 0. The maximum Gasteiger partial charge on any atom is 0.274 e. The van der Waals surface area contributed by atoms with Gasteiger partial charge in [0.1, 0.15) is 12.6 Å². The number of nitrogens with one attached hydrogen (secondary N) is 2. The Morgan fingerprint density at radius 2 is 2.14 bits per heavy atom. The van der Waals surface area contributed by atoms with Gasteiger partial charge in [0.2, 0.25) is 5.91 Å². The summed E-state index contributed by atoms with van der Waals surface area (Å²) < 4.78 is 11.6. The Labute approximate surface area is 166 Å². The lowest BCUT2D eigenvalue weighted by Gasteiger charge is -2.18. The lowest BCUT2D eigenvalue weighted by atomic mass is 10.1. The molecule has 28 heavy (non-hydrogen) atoms. The summed E-state index contributed by atoms with van der Waals surface area (Å²) in [5.41, 5.74) is 1.33. The normalized spacial score (nSPS) is 19.9. The van der Waals surface area contributed by atoms with Crippen molar-refractivity contribution in [2.75, 3.05) is 19.8 Å². The zero-order valence-corrected chi connectivity index (χ0v) is 16.8. The Hall–Kier alpha value is -2.15. The van der Waals surface area contributed by atoms with Crippen molar-refractivity contribution in [3.8, 4) is 5.75 Å². The molecular weight excluding hydrogens is 358 g/mol. The van der Waals surface area contributed by atoms with E-state index < -0.39 is 6.04 Å². The van der Waals surface area contributed by atoms with Gasteiger partial charge in [-0.05, 0) is 56.1 Å². The smallest absolute Gasteiger partial charge is 0.274 e. The molecule has 0 aromatic carbocycles. The monoisotopic (exact) mass is 389 g/mol. The second kappa shape index (κ2) is 9.87. The molecule has 7 heteroatoms. The van der Waals surface area contributed by atoms with Gasteiger partial charge in [0.25, 0.3) is 5.91 Å². The maximum absolute atomic E-state index is 12.8. The summed E-state index contributed by atoms with van der Waals surface area (Å²) >= 11 is 0. The SMILES string of the molecule is CCCNC(=O)C(CC)NC(=O)c1ncc(C2CC2)cc1OCC1CCCO1. The van der Waals surface area contributed by atoms with Crippen LogP contribution in [0.2, 0.25) is 0 Å². The van der Waals surface area contributed by atoms with Gasteiger partial charge in [-0.2, -0.15) is 0 Å². The number of aromatic nitrogens is 1. The highest BCUT2D eigenvalue weighted by Crippen LogP contribution is 2.41. The molecule has 2 heterocycles. The molecule has 1 aromatic rings. The van der Waals surface area contributed by atoms with Crippen LogP contribution in [0.4, 0.5) is 0 Å². The van der Waals surface area contributed by atoms with Gasteiger partial charge in [-0.15, -0.1) is 0 Å². The molecule has 3 rings (SSSR count). The molecule has 0 radical (unpaired) electrons. The van der Waals surface area contributed by atoms with E-state index in [1.807, 2.05) is 19.9 Å². The standard InChI is InChI=1S/C21H31N3O4/c1-3-9-22-20(25)17(4-2)24-21(26)19-18(28-13-16-6-5-10-27-16)11-15(12-23-19)14-7-8-14/h11-12,14,16-17H,3-10,13H2,1-2H3,(H,22,25)(H,24,26). The fourth-order valence-corrected chi connectivity index (χ4v) is 3.29. The Bertz CT molecular complexity index is 684. The van der Waals surface area contributed by atoms with Gasteiger partial charge in [-0.1, -0.05) is 13.8 Å². The molecular formula is C21H31N3O4. The van der Waals surface area contributed by atoms with Gasteiger partial charge in [0.15, 0.2) is 11.4 Å². The molecule has 2 unspecified atom stereocenters. The first-order valence-electron chi connectivity index (χ1n) is 10.4. The van der Waals surface area contributed by atoms with Crippen LogP contribution in [-0.4, -0.2) is 48.7 Å². The average molecular weight is 389 g/mol. The third kappa shape index (κ3) is 5.44. The maximum atomic E-state index is 12.8. The molecule has 0 bridgehead atoms. The van der Waals surface area contributed by atoms with Gasteiger partial charge in [0.05, 0.1) is 6.10 Å². The highest BCUT2D eigenvalue weighted by atomic mass is 16.5. The quantitative estimate of drug-likeness (QED) is 0.642. The fourth-order valence-electron chi connectivity index (χ4n) is 3.29. The molecule has 1 saturated carbocycles. The summed E-state index contributed by atoms with van der Waals surface area (Å²) in [5, 5.41) is 5.63. The second-order valence-corrected chi connectivity index (χ2v) is 7.56. The first-order valence-corrected chi connectivity index (χ1v) is 10.4. The number of carbonyl (C=O) groups is 2. The van der Waals surface area contributed by atoms with Crippen molar-refractivity contribution in [3.05, 3.63) is 23.5 Å². The van der Waals surface area contributed by atoms with E-state index in [2.05, 4.69) is 15.6 Å². The van der Waals surface area contributed by atoms with Crippen molar-refractivity contribution in [1.29, 1.82) is 0 Å². The van der Waals surface area contributed by atoms with E-state index in [0.29, 0.717) is 31.2 Å². The minimum absolute atomic E-state index is 0.0590. The summed E-state index contributed by atoms with van der Waals surface area (Å²) in [6.45, 7) is 5.62. The van der Waals surface area contributed by atoms with Crippen molar-refractivity contribution >= 4 is 11.8 Å². The van der Waals surface area contributed by atoms with Crippen molar-refractivity contribution in [3.63, 3.8) is 0 Å². The van der Waals surface area contributed by atoms with Gasteiger partial charge >= 0.3 is 0 Å². The number of pyridine rings is 1. The number of carbonyl (C=O) groups excluding carboxylic acids is 2. The Balaban J connectivity index is 1.70. The van der Waals surface area contributed by atoms with Crippen LogP contribution in [0, 0.1) is 0 Å². The van der Waals surface area contributed by atoms with Gasteiger partial charge in [-0.25, -0.2) is 4.98 Å². The molecule has 1 aromatic heterocycles. The predicted octanol–water partition coefficient (Wildman–Crippen LogP) is 2.55. The van der Waals surface area contributed by atoms with Crippen molar-refractivity contribution < 1.29 is 19.1 Å².